The van der Waals surface area contributed by atoms with Crippen molar-refractivity contribution in [2.45, 2.75) is 0 Å². The van der Waals surface area contributed by atoms with Gasteiger partial charge in [0, 0.05) is 12.5 Å². The highest BCUT2D eigenvalue weighted by molar-refractivity contribution is 14.1. The molecule has 0 saturated heterocycles. The van der Waals surface area contributed by atoms with Crippen molar-refractivity contribution in [2.24, 2.45) is 0 Å². The number of carbonyl (C=O) groups is 1. The first-order chi connectivity index (χ1) is 8.97. The van der Waals surface area contributed by atoms with E-state index in [1.165, 1.54) is 12.1 Å². The van der Waals surface area contributed by atoms with Crippen molar-refractivity contribution in [2.75, 3.05) is 5.32 Å². The molecule has 0 bridgehead atoms. The second-order valence-corrected chi connectivity index (χ2v) is 6.72. The maximum Gasteiger partial charge on any atom is 0.256 e. The van der Waals surface area contributed by atoms with E-state index in [2.05, 4.69) is 59.8 Å². The first-order valence-corrected chi connectivity index (χ1v) is 7.85. The van der Waals surface area contributed by atoms with Gasteiger partial charge in [0.2, 0.25) is 0 Å². The van der Waals surface area contributed by atoms with Gasteiger partial charge in [-0.3, -0.25) is 4.79 Å². The van der Waals surface area contributed by atoms with Crippen molar-refractivity contribution in [3.05, 3.63) is 60.3 Å². The maximum absolute atomic E-state index is 13.6. The second-order valence-electron chi connectivity index (χ2n) is 3.70. The Morgan fingerprint density at radius 1 is 1.16 bits per heavy atom. The van der Waals surface area contributed by atoms with Crippen LogP contribution in [0.5, 0.6) is 0 Å². The molecule has 0 atom stereocenters. The van der Waals surface area contributed by atoms with Crippen LogP contribution in [0.1, 0.15) is 10.4 Å². The molecule has 6 heteroatoms. The van der Waals surface area contributed by atoms with E-state index in [-0.39, 0.29) is 11.6 Å². The Hall–Kier alpha value is -0.470. The summed E-state index contributed by atoms with van der Waals surface area (Å²) in [4.78, 5) is 12.1. The third kappa shape index (κ3) is 3.76. The van der Waals surface area contributed by atoms with Crippen LogP contribution >= 0.6 is 54.5 Å². The number of anilines is 1. The average molecular weight is 499 g/mol. The second kappa shape index (κ2) is 6.32. The third-order valence-corrected chi connectivity index (χ3v) is 4.21. The van der Waals surface area contributed by atoms with Gasteiger partial charge in [-0.15, -0.1) is 0 Å². The predicted octanol–water partition coefficient (Wildman–Crippen LogP) is 5.21. The van der Waals surface area contributed by atoms with E-state index in [0.717, 1.165) is 3.57 Å². The molecule has 1 amide bonds. The van der Waals surface area contributed by atoms with Crippen LogP contribution in [-0.4, -0.2) is 5.91 Å². The summed E-state index contributed by atoms with van der Waals surface area (Å²) in [5.41, 5.74) is 0.608. The van der Waals surface area contributed by atoms with Gasteiger partial charge in [0.1, 0.15) is 5.82 Å². The van der Waals surface area contributed by atoms with Crippen LogP contribution < -0.4 is 5.32 Å². The lowest BCUT2D eigenvalue weighted by Crippen LogP contribution is -2.13. The fraction of sp³-hybridized carbons (Fsp3) is 0. The van der Waals surface area contributed by atoms with Crippen molar-refractivity contribution < 1.29 is 9.18 Å². The molecule has 0 fully saturated rings. The van der Waals surface area contributed by atoms with Crippen LogP contribution in [0.4, 0.5) is 10.1 Å². The minimum absolute atomic E-state index is 0.144. The molecule has 0 heterocycles. The van der Waals surface area contributed by atoms with Gasteiger partial charge in [-0.1, -0.05) is 15.9 Å². The lowest BCUT2D eigenvalue weighted by atomic mass is 10.2. The SMILES string of the molecule is O=C(Nc1cc(Br)ccc1F)c1cc(I)ccc1Br. The summed E-state index contributed by atoms with van der Waals surface area (Å²) in [6, 6.07) is 9.79. The van der Waals surface area contributed by atoms with E-state index in [1.807, 2.05) is 6.07 Å². The van der Waals surface area contributed by atoms with Gasteiger partial charge in [-0.25, -0.2) is 4.39 Å². The largest absolute Gasteiger partial charge is 0.319 e. The van der Waals surface area contributed by atoms with E-state index >= 15 is 0 Å². The molecule has 19 heavy (non-hydrogen) atoms. The molecule has 98 valence electrons. The van der Waals surface area contributed by atoms with Gasteiger partial charge in [0.25, 0.3) is 5.91 Å². The van der Waals surface area contributed by atoms with E-state index < -0.39 is 5.82 Å². The van der Waals surface area contributed by atoms with Crippen LogP contribution in [0.2, 0.25) is 0 Å². The zero-order valence-corrected chi connectivity index (χ0v) is 14.7. The fourth-order valence-electron chi connectivity index (χ4n) is 1.45. The lowest BCUT2D eigenvalue weighted by molar-refractivity contribution is 0.102. The molecule has 0 aliphatic rings. The fourth-order valence-corrected chi connectivity index (χ4v) is 2.73. The van der Waals surface area contributed by atoms with E-state index in [0.29, 0.717) is 14.5 Å². The zero-order chi connectivity index (χ0) is 14.0. The van der Waals surface area contributed by atoms with Crippen molar-refractivity contribution in [3.8, 4) is 0 Å². The van der Waals surface area contributed by atoms with E-state index in [1.54, 1.807) is 18.2 Å². The van der Waals surface area contributed by atoms with Gasteiger partial charge in [0.15, 0.2) is 0 Å². The van der Waals surface area contributed by atoms with Gasteiger partial charge in [-0.2, -0.15) is 0 Å². The van der Waals surface area contributed by atoms with Gasteiger partial charge in [-0.05, 0) is 74.9 Å². The molecule has 0 saturated carbocycles. The minimum Gasteiger partial charge on any atom is -0.319 e. The summed E-state index contributed by atoms with van der Waals surface area (Å²) >= 11 is 8.67. The topological polar surface area (TPSA) is 29.1 Å². The molecule has 0 aliphatic carbocycles. The van der Waals surface area contributed by atoms with Crippen LogP contribution in [0.15, 0.2) is 45.3 Å². The maximum atomic E-state index is 13.6. The minimum atomic E-state index is -0.474. The average Bonchev–Trinajstić information content (AvgIpc) is 2.36. The number of hydrogen-bond acceptors (Lipinski definition) is 1. The Bertz CT molecular complexity index is 649. The molecule has 2 aromatic carbocycles. The number of rotatable bonds is 2. The number of benzene rings is 2. The van der Waals surface area contributed by atoms with Gasteiger partial charge < -0.3 is 5.32 Å². The van der Waals surface area contributed by atoms with Crippen LogP contribution in [0.25, 0.3) is 0 Å². The van der Waals surface area contributed by atoms with Gasteiger partial charge in [0.05, 0.1) is 11.3 Å². The number of nitrogens with one attached hydrogen (secondary N) is 1. The number of amides is 1. The van der Waals surface area contributed by atoms with Gasteiger partial charge >= 0.3 is 0 Å². The monoisotopic (exact) mass is 497 g/mol. The molecule has 0 unspecified atom stereocenters. The smallest absolute Gasteiger partial charge is 0.256 e. The van der Waals surface area contributed by atoms with Crippen molar-refractivity contribution in [1.82, 2.24) is 0 Å². The number of halogens is 4. The Balaban J connectivity index is 2.30. The molecule has 0 aromatic heterocycles. The van der Waals surface area contributed by atoms with Crippen LogP contribution in [0.3, 0.4) is 0 Å². The third-order valence-electron chi connectivity index (χ3n) is 2.35. The number of hydrogen-bond donors (Lipinski definition) is 1. The van der Waals surface area contributed by atoms with Crippen molar-refractivity contribution in [3.63, 3.8) is 0 Å². The highest BCUT2D eigenvalue weighted by Crippen LogP contribution is 2.23. The molecular formula is C13H7Br2FINO. The molecule has 0 aliphatic heterocycles. The Morgan fingerprint density at radius 2 is 1.89 bits per heavy atom. The Kier molecular flexibility index (Phi) is 4.97. The summed E-state index contributed by atoms with van der Waals surface area (Å²) in [5.74, 6) is -0.833. The van der Waals surface area contributed by atoms with Crippen molar-refractivity contribution >= 4 is 66.0 Å². The molecule has 0 radical (unpaired) electrons. The highest BCUT2D eigenvalue weighted by Gasteiger charge is 2.13. The molecule has 1 N–H and O–H groups in total. The summed E-state index contributed by atoms with van der Waals surface area (Å²) in [5, 5.41) is 2.56. The molecule has 0 spiro atoms. The summed E-state index contributed by atoms with van der Waals surface area (Å²) in [6.07, 6.45) is 0. The first-order valence-electron chi connectivity index (χ1n) is 5.19. The molecule has 2 aromatic rings. The predicted molar refractivity (Wildman–Crippen MR) is 88.9 cm³/mol. The summed E-state index contributed by atoms with van der Waals surface area (Å²) in [7, 11) is 0. The summed E-state index contributed by atoms with van der Waals surface area (Å²) < 4.78 is 15.9. The van der Waals surface area contributed by atoms with E-state index in [9.17, 15) is 9.18 Å². The Labute approximate surface area is 140 Å². The highest BCUT2D eigenvalue weighted by atomic mass is 127. The summed E-state index contributed by atoms with van der Waals surface area (Å²) in [6.45, 7) is 0. The first kappa shape index (κ1) is 14.9. The van der Waals surface area contributed by atoms with Crippen LogP contribution in [0, 0.1) is 9.39 Å². The Morgan fingerprint density at radius 3 is 2.63 bits per heavy atom. The zero-order valence-electron chi connectivity index (χ0n) is 9.38. The molecular weight excluding hydrogens is 492 g/mol. The molecule has 2 rings (SSSR count). The standard InChI is InChI=1S/C13H7Br2FINO/c14-7-1-4-11(16)12(5-7)18-13(19)9-6-8(17)2-3-10(9)15/h1-6H,(H,18,19). The number of carbonyl (C=O) groups excluding carboxylic acids is 1. The van der Waals surface area contributed by atoms with Crippen molar-refractivity contribution in [1.29, 1.82) is 0 Å². The lowest BCUT2D eigenvalue weighted by Gasteiger charge is -2.08. The van der Waals surface area contributed by atoms with E-state index in [4.69, 9.17) is 0 Å². The van der Waals surface area contributed by atoms with Crippen LogP contribution in [-0.2, 0) is 0 Å². The normalized spacial score (nSPS) is 10.3. The quantitative estimate of drug-likeness (QED) is 0.566. The molecule has 2 nitrogen and oxygen atoms in total.